The summed E-state index contributed by atoms with van der Waals surface area (Å²) in [5, 5.41) is 13.4. The lowest BCUT2D eigenvalue weighted by atomic mass is 9.80. The first-order chi connectivity index (χ1) is 10.2. The normalized spacial score (nSPS) is 20.6. The first kappa shape index (κ1) is 13.8. The standard InChI is InChI=1S/C17H18N2O2/c20-16(19-12-13-4-3-9-18-11-13)17(21)8-7-14-5-1-2-6-15(14)10-17/h1-6,9,11,21H,7-8,10,12H2,(H,19,20). The molecule has 2 N–H and O–H groups in total. The zero-order valence-electron chi connectivity index (χ0n) is 11.7. The summed E-state index contributed by atoms with van der Waals surface area (Å²) in [6, 6.07) is 11.7. The third-order valence-electron chi connectivity index (χ3n) is 4.01. The number of pyridine rings is 1. The molecular weight excluding hydrogens is 264 g/mol. The summed E-state index contributed by atoms with van der Waals surface area (Å²) in [6.45, 7) is 0.386. The Bertz CT molecular complexity index is 642. The van der Waals surface area contributed by atoms with Crippen LogP contribution < -0.4 is 5.32 Å². The second kappa shape index (κ2) is 5.66. The molecule has 0 aliphatic heterocycles. The van der Waals surface area contributed by atoms with Crippen LogP contribution >= 0.6 is 0 Å². The number of carbonyl (C=O) groups excluding carboxylic acids is 1. The van der Waals surface area contributed by atoms with Crippen molar-refractivity contribution >= 4 is 5.91 Å². The zero-order valence-corrected chi connectivity index (χ0v) is 11.7. The van der Waals surface area contributed by atoms with E-state index in [2.05, 4.69) is 16.4 Å². The number of nitrogens with one attached hydrogen (secondary N) is 1. The number of aliphatic hydroxyl groups is 1. The van der Waals surface area contributed by atoms with E-state index in [9.17, 15) is 9.90 Å². The van der Waals surface area contributed by atoms with Crippen LogP contribution in [0.2, 0.25) is 0 Å². The van der Waals surface area contributed by atoms with E-state index in [1.165, 1.54) is 5.56 Å². The van der Waals surface area contributed by atoms with Gasteiger partial charge in [-0.25, -0.2) is 0 Å². The first-order valence-corrected chi connectivity index (χ1v) is 7.14. The van der Waals surface area contributed by atoms with Gasteiger partial charge in [-0.3, -0.25) is 9.78 Å². The second-order valence-corrected chi connectivity index (χ2v) is 5.52. The number of rotatable bonds is 3. The van der Waals surface area contributed by atoms with Gasteiger partial charge in [0.2, 0.25) is 0 Å². The fourth-order valence-corrected chi connectivity index (χ4v) is 2.76. The molecular formula is C17H18N2O2. The Labute approximate surface area is 123 Å². The molecule has 1 heterocycles. The van der Waals surface area contributed by atoms with Crippen molar-refractivity contribution in [1.29, 1.82) is 0 Å². The minimum Gasteiger partial charge on any atom is -0.380 e. The predicted octanol–water partition coefficient (Wildman–Crippen LogP) is 1.62. The zero-order chi connectivity index (χ0) is 14.7. The number of amides is 1. The van der Waals surface area contributed by atoms with Crippen molar-refractivity contribution in [1.82, 2.24) is 10.3 Å². The Kier molecular flexibility index (Phi) is 3.71. The molecule has 3 rings (SSSR count). The number of hydrogen-bond donors (Lipinski definition) is 2. The van der Waals surface area contributed by atoms with E-state index >= 15 is 0 Å². The maximum atomic E-state index is 12.3. The van der Waals surface area contributed by atoms with Gasteiger partial charge in [0.1, 0.15) is 5.60 Å². The Balaban J connectivity index is 1.67. The lowest BCUT2D eigenvalue weighted by Crippen LogP contribution is -2.50. The van der Waals surface area contributed by atoms with Crippen molar-refractivity contribution in [2.24, 2.45) is 0 Å². The first-order valence-electron chi connectivity index (χ1n) is 7.14. The van der Waals surface area contributed by atoms with E-state index in [1.807, 2.05) is 30.3 Å². The number of aromatic nitrogens is 1. The maximum Gasteiger partial charge on any atom is 0.252 e. The van der Waals surface area contributed by atoms with Gasteiger partial charge < -0.3 is 10.4 Å². The topological polar surface area (TPSA) is 62.2 Å². The highest BCUT2D eigenvalue weighted by atomic mass is 16.3. The molecule has 0 spiro atoms. The average molecular weight is 282 g/mol. The molecule has 1 unspecified atom stereocenters. The summed E-state index contributed by atoms with van der Waals surface area (Å²) < 4.78 is 0. The van der Waals surface area contributed by atoms with Crippen LogP contribution in [0.3, 0.4) is 0 Å². The van der Waals surface area contributed by atoms with Crippen molar-refractivity contribution in [3.05, 3.63) is 65.5 Å². The van der Waals surface area contributed by atoms with Crippen LogP contribution in [0.5, 0.6) is 0 Å². The van der Waals surface area contributed by atoms with Crippen molar-refractivity contribution in [2.45, 2.75) is 31.4 Å². The Hall–Kier alpha value is -2.20. The monoisotopic (exact) mass is 282 g/mol. The highest BCUT2D eigenvalue weighted by molar-refractivity contribution is 5.85. The molecule has 0 radical (unpaired) electrons. The summed E-state index contributed by atoms with van der Waals surface area (Å²) in [6.07, 6.45) is 4.97. The van der Waals surface area contributed by atoms with Crippen LogP contribution in [0.1, 0.15) is 23.1 Å². The van der Waals surface area contributed by atoms with Crippen LogP contribution in [-0.4, -0.2) is 21.6 Å². The summed E-state index contributed by atoms with van der Waals surface area (Å²) in [5.74, 6) is -0.305. The van der Waals surface area contributed by atoms with Gasteiger partial charge in [0, 0.05) is 25.4 Å². The SMILES string of the molecule is O=C(NCc1cccnc1)C1(O)CCc2ccccc2C1. The van der Waals surface area contributed by atoms with Gasteiger partial charge in [0.25, 0.3) is 5.91 Å². The van der Waals surface area contributed by atoms with Crippen LogP contribution in [0.15, 0.2) is 48.8 Å². The molecule has 2 aromatic rings. The summed E-state index contributed by atoms with van der Waals surface area (Å²) in [7, 11) is 0. The highest BCUT2D eigenvalue weighted by Gasteiger charge is 2.38. The molecule has 1 aliphatic carbocycles. The quantitative estimate of drug-likeness (QED) is 0.899. The molecule has 4 heteroatoms. The largest absolute Gasteiger partial charge is 0.380 e. The summed E-state index contributed by atoms with van der Waals surface area (Å²) >= 11 is 0. The molecule has 4 nitrogen and oxygen atoms in total. The van der Waals surface area contributed by atoms with Crippen LogP contribution in [0.4, 0.5) is 0 Å². The molecule has 21 heavy (non-hydrogen) atoms. The maximum absolute atomic E-state index is 12.3. The third-order valence-corrected chi connectivity index (χ3v) is 4.01. The molecule has 0 saturated heterocycles. The number of carbonyl (C=O) groups is 1. The van der Waals surface area contributed by atoms with Gasteiger partial charge >= 0.3 is 0 Å². The lowest BCUT2D eigenvalue weighted by Gasteiger charge is -2.32. The third kappa shape index (κ3) is 2.95. The van der Waals surface area contributed by atoms with Gasteiger partial charge in [0.15, 0.2) is 0 Å². The molecule has 1 aromatic heterocycles. The molecule has 1 aromatic carbocycles. The lowest BCUT2D eigenvalue weighted by molar-refractivity contribution is -0.141. The van der Waals surface area contributed by atoms with Crippen LogP contribution in [-0.2, 0) is 24.2 Å². The molecule has 108 valence electrons. The Morgan fingerprint density at radius 3 is 2.81 bits per heavy atom. The predicted molar refractivity (Wildman–Crippen MR) is 79.5 cm³/mol. The molecule has 0 bridgehead atoms. The fraction of sp³-hybridized carbons (Fsp3) is 0.294. The van der Waals surface area contributed by atoms with Gasteiger partial charge in [-0.15, -0.1) is 0 Å². The van der Waals surface area contributed by atoms with Crippen molar-refractivity contribution < 1.29 is 9.90 Å². The number of nitrogens with zero attached hydrogens (tertiary/aromatic N) is 1. The van der Waals surface area contributed by atoms with Crippen LogP contribution in [0.25, 0.3) is 0 Å². The van der Waals surface area contributed by atoms with E-state index in [1.54, 1.807) is 12.4 Å². The Morgan fingerprint density at radius 2 is 2.05 bits per heavy atom. The van der Waals surface area contributed by atoms with E-state index in [-0.39, 0.29) is 5.91 Å². The summed E-state index contributed by atoms with van der Waals surface area (Å²) in [4.78, 5) is 16.3. The molecule has 1 atom stereocenters. The second-order valence-electron chi connectivity index (χ2n) is 5.52. The Morgan fingerprint density at radius 1 is 1.24 bits per heavy atom. The average Bonchev–Trinajstić information content (AvgIpc) is 2.53. The van der Waals surface area contributed by atoms with Crippen molar-refractivity contribution in [3.8, 4) is 0 Å². The molecule has 1 amide bonds. The van der Waals surface area contributed by atoms with Crippen LogP contribution in [0, 0.1) is 0 Å². The van der Waals surface area contributed by atoms with E-state index in [0.29, 0.717) is 19.4 Å². The molecule has 1 aliphatic rings. The van der Waals surface area contributed by atoms with E-state index < -0.39 is 5.60 Å². The summed E-state index contributed by atoms with van der Waals surface area (Å²) in [5.41, 5.74) is 1.90. The van der Waals surface area contributed by atoms with Crippen molar-refractivity contribution in [3.63, 3.8) is 0 Å². The van der Waals surface area contributed by atoms with E-state index in [4.69, 9.17) is 0 Å². The minimum absolute atomic E-state index is 0.305. The minimum atomic E-state index is -1.31. The number of aryl methyl sites for hydroxylation is 1. The van der Waals surface area contributed by atoms with Gasteiger partial charge in [0.05, 0.1) is 0 Å². The van der Waals surface area contributed by atoms with Crippen molar-refractivity contribution in [2.75, 3.05) is 0 Å². The number of hydrogen-bond acceptors (Lipinski definition) is 3. The fourth-order valence-electron chi connectivity index (χ4n) is 2.76. The number of benzene rings is 1. The number of fused-ring (bicyclic) bond motifs is 1. The molecule has 0 saturated carbocycles. The highest BCUT2D eigenvalue weighted by Crippen LogP contribution is 2.28. The smallest absolute Gasteiger partial charge is 0.252 e. The molecule has 0 fully saturated rings. The van der Waals surface area contributed by atoms with Gasteiger partial charge in [-0.2, -0.15) is 0 Å². The van der Waals surface area contributed by atoms with Gasteiger partial charge in [-0.05, 0) is 35.6 Å². The van der Waals surface area contributed by atoms with Gasteiger partial charge in [-0.1, -0.05) is 30.3 Å². The van der Waals surface area contributed by atoms with E-state index in [0.717, 1.165) is 17.5 Å².